The lowest BCUT2D eigenvalue weighted by Crippen LogP contribution is -2.54. The van der Waals surface area contributed by atoms with E-state index in [-0.39, 0.29) is 29.9 Å². The predicted molar refractivity (Wildman–Crippen MR) is 106 cm³/mol. The van der Waals surface area contributed by atoms with Gasteiger partial charge in [-0.25, -0.2) is 8.78 Å². The molecule has 2 aliphatic rings. The van der Waals surface area contributed by atoms with Crippen molar-refractivity contribution in [3.63, 3.8) is 0 Å². The molecule has 29 heavy (non-hydrogen) atoms. The average molecular weight is 398 g/mol. The maximum atomic E-state index is 13.8. The third-order valence-electron chi connectivity index (χ3n) is 6.25. The fourth-order valence-corrected chi connectivity index (χ4v) is 4.50. The van der Waals surface area contributed by atoms with E-state index in [0.29, 0.717) is 43.7 Å². The van der Waals surface area contributed by atoms with Gasteiger partial charge in [-0.3, -0.25) is 9.59 Å². The number of likely N-dealkylation sites (tertiary alicyclic amines) is 1. The molecule has 2 saturated heterocycles. The predicted octanol–water partition coefficient (Wildman–Crippen LogP) is 3.94. The molecule has 1 spiro atoms. The van der Waals surface area contributed by atoms with Gasteiger partial charge in [0.2, 0.25) is 11.8 Å². The highest BCUT2D eigenvalue weighted by molar-refractivity contribution is 5.98. The average Bonchev–Trinajstić information content (AvgIpc) is 2.73. The first-order valence-electron chi connectivity index (χ1n) is 10.1. The van der Waals surface area contributed by atoms with Crippen LogP contribution >= 0.6 is 0 Å². The van der Waals surface area contributed by atoms with Gasteiger partial charge in [-0.15, -0.1) is 0 Å². The zero-order chi connectivity index (χ0) is 20.4. The van der Waals surface area contributed by atoms with Gasteiger partial charge in [-0.05, 0) is 61.6 Å². The number of nitrogens with zero attached hydrogens (tertiary/aromatic N) is 2. The van der Waals surface area contributed by atoms with Crippen LogP contribution in [0.1, 0.15) is 31.2 Å². The quantitative estimate of drug-likeness (QED) is 0.786. The number of carbonyl (C=O) groups is 2. The van der Waals surface area contributed by atoms with Crippen LogP contribution in [0, 0.1) is 17.0 Å². The number of carbonyl (C=O) groups excluding carboxylic acids is 2. The lowest BCUT2D eigenvalue weighted by atomic mass is 9.71. The molecular weight excluding hydrogens is 374 g/mol. The Kier molecular flexibility index (Phi) is 5.35. The van der Waals surface area contributed by atoms with E-state index >= 15 is 0 Å². The number of hydrogen-bond donors (Lipinski definition) is 0. The van der Waals surface area contributed by atoms with Crippen LogP contribution in [0.25, 0.3) is 0 Å². The number of amides is 2. The number of halogens is 2. The molecule has 0 bridgehead atoms. The van der Waals surface area contributed by atoms with E-state index in [1.165, 1.54) is 18.2 Å². The van der Waals surface area contributed by atoms with Crippen molar-refractivity contribution in [3.05, 3.63) is 65.7 Å². The Morgan fingerprint density at radius 3 is 2.31 bits per heavy atom. The maximum absolute atomic E-state index is 13.8. The van der Waals surface area contributed by atoms with E-state index in [1.54, 1.807) is 40.1 Å². The van der Waals surface area contributed by atoms with E-state index < -0.39 is 5.41 Å². The van der Waals surface area contributed by atoms with Crippen molar-refractivity contribution < 1.29 is 18.4 Å². The molecule has 0 radical (unpaired) electrons. The van der Waals surface area contributed by atoms with Crippen LogP contribution in [-0.4, -0.2) is 36.3 Å². The number of rotatable bonds is 3. The second-order valence-corrected chi connectivity index (χ2v) is 7.97. The summed E-state index contributed by atoms with van der Waals surface area (Å²) in [6.07, 6.45) is 2.93. The molecule has 152 valence electrons. The van der Waals surface area contributed by atoms with Crippen LogP contribution in [0.2, 0.25) is 0 Å². The van der Waals surface area contributed by atoms with Crippen LogP contribution in [0.5, 0.6) is 0 Å². The lowest BCUT2D eigenvalue weighted by Gasteiger charge is -2.46. The molecular formula is C23H24F2N2O2. The highest BCUT2D eigenvalue weighted by atomic mass is 19.1. The third kappa shape index (κ3) is 3.88. The van der Waals surface area contributed by atoms with Gasteiger partial charge < -0.3 is 9.80 Å². The van der Waals surface area contributed by atoms with Gasteiger partial charge in [0.25, 0.3) is 0 Å². The van der Waals surface area contributed by atoms with E-state index in [4.69, 9.17) is 0 Å². The zero-order valence-corrected chi connectivity index (χ0v) is 16.2. The first-order valence-corrected chi connectivity index (χ1v) is 10.1. The number of piperidine rings is 2. The second-order valence-electron chi connectivity index (χ2n) is 7.97. The summed E-state index contributed by atoms with van der Waals surface area (Å²) in [6, 6.07) is 12.3. The molecule has 0 atom stereocenters. The summed E-state index contributed by atoms with van der Waals surface area (Å²) in [6.45, 7) is 1.62. The van der Waals surface area contributed by atoms with Gasteiger partial charge in [-0.1, -0.05) is 18.2 Å². The Labute approximate surface area is 169 Å². The van der Waals surface area contributed by atoms with Gasteiger partial charge in [0.15, 0.2) is 0 Å². The van der Waals surface area contributed by atoms with Crippen LogP contribution < -0.4 is 4.90 Å². The van der Waals surface area contributed by atoms with Crippen LogP contribution in [0.15, 0.2) is 48.5 Å². The van der Waals surface area contributed by atoms with Crippen LogP contribution in [0.3, 0.4) is 0 Å². The minimum absolute atomic E-state index is 0.0370. The largest absolute Gasteiger partial charge is 0.342 e. The molecule has 0 unspecified atom stereocenters. The fraction of sp³-hybridized carbons (Fsp3) is 0.391. The molecule has 6 heteroatoms. The van der Waals surface area contributed by atoms with Crippen LogP contribution in [0.4, 0.5) is 14.5 Å². The van der Waals surface area contributed by atoms with Gasteiger partial charge in [0, 0.05) is 25.3 Å². The fourth-order valence-electron chi connectivity index (χ4n) is 4.50. The SMILES string of the molecule is O=C(Cc1ccccc1F)N1CCC2(CCCN(c3ccc(F)cc3)C2=O)CC1. The summed E-state index contributed by atoms with van der Waals surface area (Å²) in [5.41, 5.74) is 0.643. The van der Waals surface area contributed by atoms with E-state index in [2.05, 4.69) is 0 Å². The molecule has 2 amide bonds. The van der Waals surface area contributed by atoms with Crippen molar-refractivity contribution in [3.8, 4) is 0 Å². The molecule has 0 saturated carbocycles. The van der Waals surface area contributed by atoms with Gasteiger partial charge in [-0.2, -0.15) is 0 Å². The van der Waals surface area contributed by atoms with Gasteiger partial charge in [0.1, 0.15) is 11.6 Å². The van der Waals surface area contributed by atoms with Crippen molar-refractivity contribution in [1.82, 2.24) is 4.90 Å². The molecule has 4 nitrogen and oxygen atoms in total. The van der Waals surface area contributed by atoms with Crippen molar-refractivity contribution in [1.29, 1.82) is 0 Å². The molecule has 2 heterocycles. The Hall–Kier alpha value is -2.76. The highest BCUT2D eigenvalue weighted by Crippen LogP contribution is 2.42. The topological polar surface area (TPSA) is 40.6 Å². The Morgan fingerprint density at radius 2 is 1.62 bits per heavy atom. The molecule has 2 aromatic carbocycles. The van der Waals surface area contributed by atoms with Crippen molar-refractivity contribution >= 4 is 17.5 Å². The highest BCUT2D eigenvalue weighted by Gasteiger charge is 2.46. The summed E-state index contributed by atoms with van der Waals surface area (Å²) < 4.78 is 27.1. The molecule has 0 aromatic heterocycles. The number of benzene rings is 2. The van der Waals surface area contributed by atoms with Crippen molar-refractivity contribution in [2.75, 3.05) is 24.5 Å². The third-order valence-corrected chi connectivity index (χ3v) is 6.25. The summed E-state index contributed by atoms with van der Waals surface area (Å²) in [5, 5.41) is 0. The molecule has 0 N–H and O–H groups in total. The van der Waals surface area contributed by atoms with Crippen molar-refractivity contribution in [2.24, 2.45) is 5.41 Å². The Balaban J connectivity index is 1.42. The summed E-state index contributed by atoms with van der Waals surface area (Å²) in [7, 11) is 0. The maximum Gasteiger partial charge on any atom is 0.233 e. The standard InChI is InChI=1S/C23H24F2N2O2/c24-18-6-8-19(9-7-18)27-13-3-10-23(22(27)29)11-14-26(15-12-23)21(28)16-17-4-1-2-5-20(17)25/h1-2,4-9H,3,10-16H2. The summed E-state index contributed by atoms with van der Waals surface area (Å²) >= 11 is 0. The smallest absolute Gasteiger partial charge is 0.233 e. The van der Waals surface area contributed by atoms with Crippen LogP contribution in [-0.2, 0) is 16.0 Å². The Morgan fingerprint density at radius 1 is 0.931 bits per heavy atom. The molecule has 0 aliphatic carbocycles. The second kappa shape index (κ2) is 7.93. The summed E-state index contributed by atoms with van der Waals surface area (Å²) in [4.78, 5) is 29.4. The first-order chi connectivity index (χ1) is 14.0. The minimum Gasteiger partial charge on any atom is -0.342 e. The molecule has 2 aromatic rings. The Bertz CT molecular complexity index is 905. The van der Waals surface area contributed by atoms with E-state index in [1.807, 2.05) is 0 Å². The minimum atomic E-state index is -0.471. The molecule has 4 rings (SSSR count). The van der Waals surface area contributed by atoms with Gasteiger partial charge >= 0.3 is 0 Å². The van der Waals surface area contributed by atoms with Gasteiger partial charge in [0.05, 0.1) is 11.8 Å². The first kappa shape index (κ1) is 19.6. The summed E-state index contributed by atoms with van der Waals surface area (Å²) in [5.74, 6) is -0.735. The monoisotopic (exact) mass is 398 g/mol. The lowest BCUT2D eigenvalue weighted by molar-refractivity contribution is -0.140. The van der Waals surface area contributed by atoms with E-state index in [0.717, 1.165) is 12.8 Å². The van der Waals surface area contributed by atoms with Crippen molar-refractivity contribution in [2.45, 2.75) is 32.1 Å². The number of anilines is 1. The normalized spacial score (nSPS) is 18.9. The van der Waals surface area contributed by atoms with E-state index in [9.17, 15) is 18.4 Å². The molecule has 2 aliphatic heterocycles. The number of hydrogen-bond acceptors (Lipinski definition) is 2. The zero-order valence-electron chi connectivity index (χ0n) is 16.2. The molecule has 2 fully saturated rings.